The SMILES string of the molecule is COC(=O)c1cccnc1NCC(C)(O)CC(C)C. The third kappa shape index (κ3) is 4.87. The fourth-order valence-corrected chi connectivity index (χ4v) is 2.05. The van der Waals surface area contributed by atoms with Gasteiger partial charge in [0.1, 0.15) is 11.4 Å². The number of hydrogen-bond acceptors (Lipinski definition) is 5. The predicted octanol–water partition coefficient (Wildman–Crippen LogP) is 2.08. The van der Waals surface area contributed by atoms with Gasteiger partial charge in [-0.3, -0.25) is 0 Å². The average Bonchev–Trinajstić information content (AvgIpc) is 2.34. The third-order valence-electron chi connectivity index (χ3n) is 2.70. The number of methoxy groups -OCH3 is 1. The molecular weight excluding hydrogens is 244 g/mol. The summed E-state index contributed by atoms with van der Waals surface area (Å²) in [5, 5.41) is 13.2. The van der Waals surface area contributed by atoms with Crippen LogP contribution in [0.4, 0.5) is 5.82 Å². The van der Waals surface area contributed by atoms with Crippen LogP contribution >= 0.6 is 0 Å². The molecule has 0 radical (unpaired) electrons. The fourth-order valence-electron chi connectivity index (χ4n) is 2.05. The molecule has 1 heterocycles. The molecule has 19 heavy (non-hydrogen) atoms. The summed E-state index contributed by atoms with van der Waals surface area (Å²) in [4.78, 5) is 15.7. The van der Waals surface area contributed by atoms with Gasteiger partial charge in [-0.1, -0.05) is 13.8 Å². The zero-order valence-corrected chi connectivity index (χ0v) is 11.9. The summed E-state index contributed by atoms with van der Waals surface area (Å²) in [6.07, 6.45) is 2.26. The van der Waals surface area contributed by atoms with Crippen LogP contribution in [-0.4, -0.2) is 35.3 Å². The molecular formula is C14H22N2O3. The second kappa shape index (κ2) is 6.52. The van der Waals surface area contributed by atoms with Crippen molar-refractivity contribution < 1.29 is 14.6 Å². The zero-order chi connectivity index (χ0) is 14.5. The minimum absolute atomic E-state index is 0.326. The smallest absolute Gasteiger partial charge is 0.341 e. The van der Waals surface area contributed by atoms with Crippen LogP contribution in [0.1, 0.15) is 37.6 Å². The maximum absolute atomic E-state index is 11.6. The van der Waals surface area contributed by atoms with Crippen molar-refractivity contribution in [2.24, 2.45) is 5.92 Å². The number of carbonyl (C=O) groups is 1. The quantitative estimate of drug-likeness (QED) is 0.771. The molecule has 0 amide bonds. The van der Waals surface area contributed by atoms with Gasteiger partial charge in [-0.2, -0.15) is 0 Å². The number of carbonyl (C=O) groups excluding carboxylic acids is 1. The van der Waals surface area contributed by atoms with Crippen molar-refractivity contribution in [3.05, 3.63) is 23.9 Å². The van der Waals surface area contributed by atoms with E-state index in [9.17, 15) is 9.90 Å². The molecule has 0 aliphatic heterocycles. The Morgan fingerprint density at radius 2 is 2.26 bits per heavy atom. The van der Waals surface area contributed by atoms with E-state index in [2.05, 4.69) is 24.1 Å². The highest BCUT2D eigenvalue weighted by Crippen LogP contribution is 2.19. The Kier molecular flexibility index (Phi) is 5.30. The van der Waals surface area contributed by atoms with E-state index in [1.54, 1.807) is 25.3 Å². The summed E-state index contributed by atoms with van der Waals surface area (Å²) >= 11 is 0. The second-order valence-corrected chi connectivity index (χ2v) is 5.34. The molecule has 0 fully saturated rings. The first-order valence-electron chi connectivity index (χ1n) is 6.35. The number of aromatic nitrogens is 1. The molecule has 1 aromatic rings. The summed E-state index contributed by atoms with van der Waals surface area (Å²) in [6, 6.07) is 3.31. The van der Waals surface area contributed by atoms with E-state index in [1.165, 1.54) is 7.11 Å². The Labute approximate surface area is 114 Å². The summed E-state index contributed by atoms with van der Waals surface area (Å²) in [6.45, 7) is 6.19. The Hall–Kier alpha value is -1.62. The molecule has 0 spiro atoms. The van der Waals surface area contributed by atoms with Gasteiger partial charge in [-0.25, -0.2) is 9.78 Å². The Morgan fingerprint density at radius 1 is 1.58 bits per heavy atom. The standard InChI is InChI=1S/C14H22N2O3/c1-10(2)8-14(3,18)9-16-12-11(13(17)19-4)6-5-7-15-12/h5-7,10,18H,8-9H2,1-4H3,(H,15,16). The lowest BCUT2D eigenvalue weighted by molar-refractivity contribution is 0.0510. The largest absolute Gasteiger partial charge is 0.465 e. The zero-order valence-electron chi connectivity index (χ0n) is 11.9. The van der Waals surface area contributed by atoms with Gasteiger partial charge in [0.2, 0.25) is 0 Å². The fraction of sp³-hybridized carbons (Fsp3) is 0.571. The highest BCUT2D eigenvalue weighted by Gasteiger charge is 2.23. The molecule has 1 atom stereocenters. The van der Waals surface area contributed by atoms with Crippen LogP contribution in [-0.2, 0) is 4.74 Å². The molecule has 0 aliphatic rings. The van der Waals surface area contributed by atoms with Crippen LogP contribution in [0.15, 0.2) is 18.3 Å². The van der Waals surface area contributed by atoms with Crippen molar-refractivity contribution in [3.63, 3.8) is 0 Å². The lowest BCUT2D eigenvalue weighted by Gasteiger charge is -2.26. The highest BCUT2D eigenvalue weighted by atomic mass is 16.5. The number of pyridine rings is 1. The predicted molar refractivity (Wildman–Crippen MR) is 74.1 cm³/mol. The van der Waals surface area contributed by atoms with Crippen molar-refractivity contribution in [2.75, 3.05) is 19.0 Å². The molecule has 0 aromatic carbocycles. The van der Waals surface area contributed by atoms with E-state index in [-0.39, 0.29) is 0 Å². The molecule has 0 bridgehead atoms. The van der Waals surface area contributed by atoms with E-state index in [4.69, 9.17) is 4.74 Å². The van der Waals surface area contributed by atoms with Crippen LogP contribution in [0.2, 0.25) is 0 Å². The van der Waals surface area contributed by atoms with Crippen molar-refractivity contribution in [1.29, 1.82) is 0 Å². The monoisotopic (exact) mass is 266 g/mol. The number of anilines is 1. The number of nitrogens with one attached hydrogen (secondary N) is 1. The van der Waals surface area contributed by atoms with Gasteiger partial charge < -0.3 is 15.2 Å². The van der Waals surface area contributed by atoms with E-state index >= 15 is 0 Å². The molecule has 5 nitrogen and oxygen atoms in total. The van der Waals surface area contributed by atoms with Gasteiger partial charge in [0.25, 0.3) is 0 Å². The van der Waals surface area contributed by atoms with Gasteiger partial charge in [0.05, 0.1) is 12.7 Å². The van der Waals surface area contributed by atoms with E-state index in [0.717, 1.165) is 0 Å². The number of esters is 1. The van der Waals surface area contributed by atoms with Crippen molar-refractivity contribution in [1.82, 2.24) is 4.98 Å². The molecule has 5 heteroatoms. The molecule has 2 N–H and O–H groups in total. The molecule has 0 saturated carbocycles. The summed E-state index contributed by atoms with van der Waals surface area (Å²) in [5.41, 5.74) is -0.482. The highest BCUT2D eigenvalue weighted by molar-refractivity contribution is 5.94. The summed E-state index contributed by atoms with van der Waals surface area (Å²) in [5.74, 6) is 0.373. The number of ether oxygens (including phenoxy) is 1. The average molecular weight is 266 g/mol. The second-order valence-electron chi connectivity index (χ2n) is 5.34. The molecule has 0 saturated heterocycles. The Bertz CT molecular complexity index is 430. The molecule has 1 unspecified atom stereocenters. The van der Waals surface area contributed by atoms with Crippen molar-refractivity contribution in [2.45, 2.75) is 32.8 Å². The third-order valence-corrected chi connectivity index (χ3v) is 2.70. The minimum atomic E-state index is -0.848. The lowest BCUT2D eigenvalue weighted by Crippen LogP contribution is -2.35. The number of nitrogens with zero attached hydrogens (tertiary/aromatic N) is 1. The van der Waals surface area contributed by atoms with Crippen LogP contribution in [0.5, 0.6) is 0 Å². The summed E-state index contributed by atoms with van der Waals surface area (Å²) < 4.78 is 4.69. The van der Waals surface area contributed by atoms with E-state index in [0.29, 0.717) is 30.3 Å². The van der Waals surface area contributed by atoms with Crippen LogP contribution in [0.3, 0.4) is 0 Å². The summed E-state index contributed by atoms with van der Waals surface area (Å²) in [7, 11) is 1.33. The van der Waals surface area contributed by atoms with Crippen molar-refractivity contribution in [3.8, 4) is 0 Å². The van der Waals surface area contributed by atoms with Gasteiger partial charge in [-0.05, 0) is 31.4 Å². The maximum Gasteiger partial charge on any atom is 0.341 e. The van der Waals surface area contributed by atoms with Gasteiger partial charge in [0.15, 0.2) is 0 Å². The van der Waals surface area contributed by atoms with Crippen LogP contribution in [0, 0.1) is 5.92 Å². The van der Waals surface area contributed by atoms with Gasteiger partial charge in [-0.15, -0.1) is 0 Å². The van der Waals surface area contributed by atoms with Crippen molar-refractivity contribution >= 4 is 11.8 Å². The van der Waals surface area contributed by atoms with Gasteiger partial charge >= 0.3 is 5.97 Å². The normalized spacial score (nSPS) is 14.0. The Balaban J connectivity index is 2.75. The number of rotatable bonds is 6. The first-order valence-corrected chi connectivity index (χ1v) is 6.35. The van der Waals surface area contributed by atoms with E-state index in [1.807, 2.05) is 0 Å². The molecule has 0 aliphatic carbocycles. The van der Waals surface area contributed by atoms with Crippen LogP contribution in [0.25, 0.3) is 0 Å². The molecule has 106 valence electrons. The topological polar surface area (TPSA) is 71.5 Å². The maximum atomic E-state index is 11.6. The Morgan fingerprint density at radius 3 is 2.84 bits per heavy atom. The van der Waals surface area contributed by atoms with Gasteiger partial charge in [0, 0.05) is 12.7 Å². The number of aliphatic hydroxyl groups is 1. The minimum Gasteiger partial charge on any atom is -0.465 e. The first kappa shape index (κ1) is 15.4. The molecule has 1 aromatic heterocycles. The molecule has 1 rings (SSSR count). The number of hydrogen-bond donors (Lipinski definition) is 2. The lowest BCUT2D eigenvalue weighted by atomic mass is 9.94. The van der Waals surface area contributed by atoms with E-state index < -0.39 is 11.6 Å². The first-order chi connectivity index (χ1) is 8.85. The van der Waals surface area contributed by atoms with Crippen LogP contribution < -0.4 is 5.32 Å².